The molecular formula is C8H9ClN2O4. The summed E-state index contributed by atoms with van der Waals surface area (Å²) in [7, 11) is 0. The van der Waals surface area contributed by atoms with Crippen LogP contribution in [0.25, 0.3) is 0 Å². The normalized spacial score (nSPS) is 9.07. The minimum atomic E-state index is -1.05. The molecular weight excluding hydrogens is 224 g/mol. The number of halogens is 1. The molecule has 0 saturated carbocycles. The molecule has 0 atom stereocenters. The summed E-state index contributed by atoms with van der Waals surface area (Å²) in [6.07, 6.45) is 2.58. The molecule has 0 aliphatic rings. The van der Waals surface area contributed by atoms with Gasteiger partial charge in [-0.25, -0.2) is 4.79 Å². The molecule has 0 unspecified atom stereocenters. The summed E-state index contributed by atoms with van der Waals surface area (Å²) in [5.41, 5.74) is 0.0802. The maximum Gasteiger partial charge on any atom is 0.337 e. The van der Waals surface area contributed by atoms with Gasteiger partial charge in [0.05, 0.1) is 5.56 Å². The van der Waals surface area contributed by atoms with Gasteiger partial charge in [-0.15, -0.1) is 0 Å². The number of aliphatic carboxylic acids is 1. The molecule has 15 heavy (non-hydrogen) atoms. The SMILES string of the molecule is O=C(O)CC[n+]1ccc(C(=O)O)cn1.[Cl-]. The fraction of sp³-hybridized carbons (Fsp3) is 0.250. The summed E-state index contributed by atoms with van der Waals surface area (Å²) in [6.45, 7) is 0.231. The van der Waals surface area contributed by atoms with Crippen molar-refractivity contribution in [2.75, 3.05) is 0 Å². The van der Waals surface area contributed by atoms with Gasteiger partial charge < -0.3 is 22.6 Å². The second-order valence-corrected chi connectivity index (χ2v) is 2.63. The number of carboxylic acids is 2. The number of carboxylic acid groups (broad SMARTS) is 2. The van der Waals surface area contributed by atoms with E-state index in [0.717, 1.165) is 0 Å². The molecule has 1 aromatic rings. The Hall–Kier alpha value is -1.69. The predicted octanol–water partition coefficient (Wildman–Crippen LogP) is -3.45. The first-order chi connectivity index (χ1) is 6.59. The highest BCUT2D eigenvalue weighted by Gasteiger charge is 2.09. The van der Waals surface area contributed by atoms with E-state index in [1.807, 2.05) is 0 Å². The van der Waals surface area contributed by atoms with Crippen molar-refractivity contribution >= 4 is 11.9 Å². The van der Waals surface area contributed by atoms with Crippen LogP contribution in [0.3, 0.4) is 0 Å². The van der Waals surface area contributed by atoms with Crippen LogP contribution < -0.4 is 17.1 Å². The Balaban J connectivity index is 0.00000196. The van der Waals surface area contributed by atoms with Crippen LogP contribution >= 0.6 is 0 Å². The molecule has 0 aliphatic carbocycles. The second kappa shape index (κ2) is 5.92. The third kappa shape index (κ3) is 4.37. The summed E-state index contributed by atoms with van der Waals surface area (Å²) in [6, 6.07) is 1.37. The van der Waals surface area contributed by atoms with E-state index in [0.29, 0.717) is 0 Å². The molecule has 0 aromatic carbocycles. The number of aryl methyl sites for hydroxylation is 1. The van der Waals surface area contributed by atoms with Gasteiger partial charge >= 0.3 is 11.9 Å². The Morgan fingerprint density at radius 3 is 2.47 bits per heavy atom. The van der Waals surface area contributed by atoms with Crippen LogP contribution in [0.5, 0.6) is 0 Å². The Morgan fingerprint density at radius 2 is 2.07 bits per heavy atom. The predicted molar refractivity (Wildman–Crippen MR) is 43.6 cm³/mol. The number of carbonyl (C=O) groups is 2. The number of aromatic nitrogens is 2. The lowest BCUT2D eigenvalue weighted by molar-refractivity contribution is -0.753. The molecule has 0 spiro atoms. The van der Waals surface area contributed by atoms with Gasteiger partial charge in [-0.05, 0) is 5.10 Å². The Bertz CT molecular complexity index is 352. The zero-order valence-corrected chi connectivity index (χ0v) is 8.39. The van der Waals surface area contributed by atoms with E-state index in [2.05, 4.69) is 5.10 Å². The Kier molecular flexibility index (Phi) is 5.25. The first-order valence-corrected chi connectivity index (χ1v) is 3.90. The van der Waals surface area contributed by atoms with Crippen LogP contribution in [0, 0.1) is 0 Å². The van der Waals surface area contributed by atoms with Crippen molar-refractivity contribution in [2.45, 2.75) is 13.0 Å². The van der Waals surface area contributed by atoms with Crippen LogP contribution in [0.1, 0.15) is 16.8 Å². The molecule has 7 heteroatoms. The lowest BCUT2D eigenvalue weighted by Gasteiger charge is -1.92. The van der Waals surface area contributed by atoms with E-state index >= 15 is 0 Å². The van der Waals surface area contributed by atoms with Crippen molar-refractivity contribution in [2.24, 2.45) is 0 Å². The minimum Gasteiger partial charge on any atom is -1.00 e. The van der Waals surface area contributed by atoms with Crippen LogP contribution in [0.15, 0.2) is 18.5 Å². The number of hydrogen-bond acceptors (Lipinski definition) is 3. The van der Waals surface area contributed by atoms with E-state index in [1.165, 1.54) is 23.1 Å². The topological polar surface area (TPSA) is 91.4 Å². The fourth-order valence-electron chi connectivity index (χ4n) is 0.853. The zero-order valence-electron chi connectivity index (χ0n) is 7.63. The van der Waals surface area contributed by atoms with E-state index in [4.69, 9.17) is 10.2 Å². The molecule has 0 saturated heterocycles. The standard InChI is InChI=1S/C8H8N2O4.ClH/c11-7(12)2-4-10-3-1-6(5-9-10)8(13)14;/h1,3,5H,2,4H2,(H-,11,12,13,14);1H. The van der Waals surface area contributed by atoms with Crippen molar-refractivity contribution in [3.63, 3.8) is 0 Å². The third-order valence-corrected chi connectivity index (χ3v) is 1.57. The summed E-state index contributed by atoms with van der Waals surface area (Å²) in [5, 5.41) is 20.7. The van der Waals surface area contributed by atoms with Crippen molar-refractivity contribution in [3.05, 3.63) is 24.0 Å². The van der Waals surface area contributed by atoms with Gasteiger partial charge in [0.2, 0.25) is 0 Å². The summed E-state index contributed by atoms with van der Waals surface area (Å²) in [5.74, 6) is -1.97. The molecule has 82 valence electrons. The lowest BCUT2D eigenvalue weighted by atomic mass is 10.3. The smallest absolute Gasteiger partial charge is 0.337 e. The molecule has 1 heterocycles. The van der Waals surface area contributed by atoms with E-state index < -0.39 is 11.9 Å². The molecule has 1 aromatic heterocycles. The number of nitrogens with zero attached hydrogens (tertiary/aromatic N) is 2. The number of aromatic carboxylic acids is 1. The van der Waals surface area contributed by atoms with Gasteiger partial charge in [0, 0.05) is 6.07 Å². The highest BCUT2D eigenvalue weighted by Crippen LogP contribution is 1.91. The van der Waals surface area contributed by atoms with Gasteiger partial charge in [-0.2, -0.15) is 0 Å². The molecule has 0 radical (unpaired) electrons. The van der Waals surface area contributed by atoms with Crippen LogP contribution in [0.2, 0.25) is 0 Å². The molecule has 1 rings (SSSR count). The van der Waals surface area contributed by atoms with Gasteiger partial charge in [0.25, 0.3) is 0 Å². The average molecular weight is 233 g/mol. The fourth-order valence-corrected chi connectivity index (χ4v) is 0.853. The quantitative estimate of drug-likeness (QED) is 0.527. The van der Waals surface area contributed by atoms with Crippen LogP contribution in [-0.2, 0) is 11.3 Å². The van der Waals surface area contributed by atoms with Crippen molar-refractivity contribution in [1.29, 1.82) is 0 Å². The second-order valence-electron chi connectivity index (χ2n) is 2.63. The largest absolute Gasteiger partial charge is 1.00 e. The highest BCUT2D eigenvalue weighted by molar-refractivity contribution is 5.86. The first-order valence-electron chi connectivity index (χ1n) is 3.90. The maximum atomic E-state index is 10.4. The van der Waals surface area contributed by atoms with E-state index in [9.17, 15) is 9.59 Å². The van der Waals surface area contributed by atoms with Crippen LogP contribution in [0.4, 0.5) is 0 Å². The molecule has 0 bridgehead atoms. The Morgan fingerprint density at radius 1 is 1.40 bits per heavy atom. The summed E-state index contributed by atoms with van der Waals surface area (Å²) < 4.78 is 1.38. The Labute approximate surface area is 91.6 Å². The number of hydrogen-bond donors (Lipinski definition) is 2. The third-order valence-electron chi connectivity index (χ3n) is 1.57. The maximum absolute atomic E-state index is 10.4. The minimum absolute atomic E-state index is 0. The molecule has 0 amide bonds. The number of rotatable bonds is 4. The summed E-state index contributed by atoms with van der Waals surface area (Å²) in [4.78, 5) is 20.6. The van der Waals surface area contributed by atoms with Crippen molar-refractivity contribution in [1.82, 2.24) is 5.10 Å². The van der Waals surface area contributed by atoms with Crippen molar-refractivity contribution < 1.29 is 36.9 Å². The molecule has 0 aliphatic heterocycles. The zero-order chi connectivity index (χ0) is 10.6. The molecule has 0 fully saturated rings. The highest BCUT2D eigenvalue weighted by atomic mass is 35.5. The monoisotopic (exact) mass is 232 g/mol. The molecule has 2 N–H and O–H groups in total. The van der Waals surface area contributed by atoms with Crippen LogP contribution in [-0.4, -0.2) is 27.3 Å². The lowest BCUT2D eigenvalue weighted by Crippen LogP contribution is -3.00. The van der Waals surface area contributed by atoms with E-state index in [1.54, 1.807) is 0 Å². The van der Waals surface area contributed by atoms with Crippen molar-refractivity contribution in [3.8, 4) is 0 Å². The van der Waals surface area contributed by atoms with Gasteiger partial charge in [-0.3, -0.25) is 4.79 Å². The molecule has 6 nitrogen and oxygen atoms in total. The van der Waals surface area contributed by atoms with E-state index in [-0.39, 0.29) is 30.9 Å². The van der Waals surface area contributed by atoms with Gasteiger partial charge in [-0.1, -0.05) is 4.68 Å². The summed E-state index contributed by atoms with van der Waals surface area (Å²) >= 11 is 0. The average Bonchev–Trinajstić information content (AvgIpc) is 2.15. The van der Waals surface area contributed by atoms with Gasteiger partial charge in [0.1, 0.15) is 12.6 Å². The van der Waals surface area contributed by atoms with Gasteiger partial charge in [0.15, 0.2) is 12.7 Å². The first kappa shape index (κ1) is 13.3.